The standard InChI is InChI=1S/C14H13NO3.C6H12.C2H6/c1-2-3-4-12-9-15-13(18-12)10-5-7-11(8-6-10)14(16)17;1-4-6(3)5-2;1-2/h3-9H,2H2,1H3,(H,16,17);4H,5H2,1-3H3;1-2H3/b4-3+;6-4-;. The lowest BCUT2D eigenvalue weighted by molar-refractivity contribution is 0.0697. The number of nitrogens with zero attached hydrogens (tertiary/aromatic N) is 1. The van der Waals surface area contributed by atoms with Crippen molar-refractivity contribution in [2.45, 2.75) is 54.4 Å². The van der Waals surface area contributed by atoms with Gasteiger partial charge in [-0.05, 0) is 57.0 Å². The predicted octanol–water partition coefficient (Wildman–Crippen LogP) is 6.85. The zero-order valence-electron chi connectivity index (χ0n) is 16.7. The van der Waals surface area contributed by atoms with Gasteiger partial charge in [0, 0.05) is 5.56 Å². The van der Waals surface area contributed by atoms with Crippen LogP contribution in [-0.4, -0.2) is 16.1 Å². The summed E-state index contributed by atoms with van der Waals surface area (Å²) in [5.41, 5.74) is 2.47. The number of hydrogen-bond acceptors (Lipinski definition) is 3. The summed E-state index contributed by atoms with van der Waals surface area (Å²) < 4.78 is 5.53. The Morgan fingerprint density at radius 1 is 1.19 bits per heavy atom. The van der Waals surface area contributed by atoms with Crippen LogP contribution in [0.5, 0.6) is 0 Å². The molecule has 0 radical (unpaired) electrons. The number of benzene rings is 1. The Balaban J connectivity index is 0.000000667. The smallest absolute Gasteiger partial charge is 0.335 e. The molecule has 142 valence electrons. The van der Waals surface area contributed by atoms with Crippen LogP contribution >= 0.6 is 0 Å². The first-order valence-corrected chi connectivity index (χ1v) is 9.09. The highest BCUT2D eigenvalue weighted by atomic mass is 16.4. The molecule has 4 nitrogen and oxygen atoms in total. The maximum absolute atomic E-state index is 10.7. The number of aromatic carboxylic acids is 1. The Labute approximate surface area is 157 Å². The molecular weight excluding hydrogens is 326 g/mol. The Morgan fingerprint density at radius 3 is 2.23 bits per heavy atom. The summed E-state index contributed by atoms with van der Waals surface area (Å²) in [5.74, 6) is 0.234. The number of allylic oxidation sites excluding steroid dienone is 3. The molecule has 2 aromatic rings. The maximum atomic E-state index is 10.7. The Hall–Kier alpha value is -2.62. The van der Waals surface area contributed by atoms with Crippen molar-refractivity contribution in [1.29, 1.82) is 0 Å². The first kappa shape index (κ1) is 23.4. The van der Waals surface area contributed by atoms with Gasteiger partial charge in [-0.25, -0.2) is 9.78 Å². The lowest BCUT2D eigenvalue weighted by atomic mass is 10.1. The molecule has 0 aliphatic carbocycles. The van der Waals surface area contributed by atoms with E-state index < -0.39 is 5.97 Å². The van der Waals surface area contributed by atoms with Crippen molar-refractivity contribution in [2.24, 2.45) is 0 Å². The molecule has 26 heavy (non-hydrogen) atoms. The minimum atomic E-state index is -0.944. The molecular formula is C22H31NO3. The van der Waals surface area contributed by atoms with E-state index >= 15 is 0 Å². The number of aromatic nitrogens is 1. The summed E-state index contributed by atoms with van der Waals surface area (Å²) in [6, 6.07) is 6.43. The van der Waals surface area contributed by atoms with Gasteiger partial charge in [0.2, 0.25) is 5.89 Å². The Bertz CT molecular complexity index is 694. The highest BCUT2D eigenvalue weighted by Crippen LogP contribution is 2.20. The van der Waals surface area contributed by atoms with Crippen LogP contribution in [-0.2, 0) is 0 Å². The molecule has 0 amide bonds. The van der Waals surface area contributed by atoms with Crippen molar-refractivity contribution in [1.82, 2.24) is 4.98 Å². The zero-order chi connectivity index (χ0) is 19.9. The first-order chi connectivity index (χ1) is 12.5. The number of carboxylic acids is 1. The Kier molecular flexibility index (Phi) is 12.3. The van der Waals surface area contributed by atoms with Crippen LogP contribution in [0, 0.1) is 0 Å². The van der Waals surface area contributed by atoms with Crippen molar-refractivity contribution in [3.05, 3.63) is 59.5 Å². The minimum Gasteiger partial charge on any atom is -0.478 e. The summed E-state index contributed by atoms with van der Waals surface area (Å²) in [6.07, 6.45) is 9.76. The Morgan fingerprint density at radius 2 is 1.81 bits per heavy atom. The van der Waals surface area contributed by atoms with Crippen LogP contribution in [0.1, 0.15) is 70.5 Å². The fraction of sp³-hybridized carbons (Fsp3) is 0.364. The van der Waals surface area contributed by atoms with Gasteiger partial charge in [-0.3, -0.25) is 0 Å². The fourth-order valence-electron chi connectivity index (χ4n) is 1.69. The first-order valence-electron chi connectivity index (χ1n) is 9.09. The molecule has 0 fully saturated rings. The molecule has 0 aliphatic heterocycles. The summed E-state index contributed by atoms with van der Waals surface area (Å²) in [7, 11) is 0. The van der Waals surface area contributed by atoms with Crippen LogP contribution in [0.15, 0.2) is 52.6 Å². The normalized spacial score (nSPS) is 10.6. The molecule has 1 heterocycles. The highest BCUT2D eigenvalue weighted by Gasteiger charge is 2.07. The van der Waals surface area contributed by atoms with Crippen LogP contribution in [0.3, 0.4) is 0 Å². The van der Waals surface area contributed by atoms with E-state index in [4.69, 9.17) is 9.52 Å². The topological polar surface area (TPSA) is 63.3 Å². The van der Waals surface area contributed by atoms with Gasteiger partial charge in [0.25, 0.3) is 0 Å². The van der Waals surface area contributed by atoms with Gasteiger partial charge in [-0.15, -0.1) is 0 Å². The minimum absolute atomic E-state index is 0.247. The third-order valence-electron chi connectivity index (χ3n) is 3.47. The van der Waals surface area contributed by atoms with Crippen molar-refractivity contribution < 1.29 is 14.3 Å². The van der Waals surface area contributed by atoms with E-state index in [1.165, 1.54) is 24.1 Å². The van der Waals surface area contributed by atoms with Gasteiger partial charge in [-0.2, -0.15) is 0 Å². The van der Waals surface area contributed by atoms with Crippen molar-refractivity contribution in [2.75, 3.05) is 0 Å². The van der Waals surface area contributed by atoms with E-state index in [-0.39, 0.29) is 5.56 Å². The molecule has 0 unspecified atom stereocenters. The molecule has 0 spiro atoms. The highest BCUT2D eigenvalue weighted by molar-refractivity contribution is 5.88. The zero-order valence-corrected chi connectivity index (χ0v) is 16.7. The molecule has 1 N–H and O–H groups in total. The monoisotopic (exact) mass is 357 g/mol. The largest absolute Gasteiger partial charge is 0.478 e. The van der Waals surface area contributed by atoms with Gasteiger partial charge < -0.3 is 9.52 Å². The van der Waals surface area contributed by atoms with Crippen molar-refractivity contribution >= 4 is 12.0 Å². The van der Waals surface area contributed by atoms with Crippen molar-refractivity contribution in [3.63, 3.8) is 0 Å². The molecule has 1 aromatic heterocycles. The van der Waals surface area contributed by atoms with Crippen LogP contribution in [0.25, 0.3) is 17.5 Å². The molecule has 1 aromatic carbocycles. The average molecular weight is 357 g/mol. The van der Waals surface area contributed by atoms with E-state index in [0.29, 0.717) is 11.7 Å². The third-order valence-corrected chi connectivity index (χ3v) is 3.47. The quantitative estimate of drug-likeness (QED) is 0.594. The summed E-state index contributed by atoms with van der Waals surface area (Å²) in [6.45, 7) is 12.4. The predicted molar refractivity (Wildman–Crippen MR) is 109 cm³/mol. The molecule has 0 bridgehead atoms. The van der Waals surface area contributed by atoms with Crippen LogP contribution in [0.4, 0.5) is 0 Å². The van der Waals surface area contributed by atoms with Crippen LogP contribution < -0.4 is 0 Å². The van der Waals surface area contributed by atoms with E-state index in [9.17, 15) is 4.79 Å². The number of oxazole rings is 1. The molecule has 0 aliphatic rings. The number of carboxylic acid groups (broad SMARTS) is 1. The SMILES string of the molecule is C/C=C(/C)CC.CC.CC/C=C/c1cnc(-c2ccc(C(=O)O)cc2)o1. The lowest BCUT2D eigenvalue weighted by Gasteiger charge is -1.96. The fourth-order valence-corrected chi connectivity index (χ4v) is 1.69. The van der Waals surface area contributed by atoms with Gasteiger partial charge in [0.05, 0.1) is 11.8 Å². The average Bonchev–Trinajstić information content (AvgIpc) is 3.16. The van der Waals surface area contributed by atoms with E-state index in [1.54, 1.807) is 18.3 Å². The molecule has 0 saturated heterocycles. The second-order valence-electron chi connectivity index (χ2n) is 5.25. The molecule has 4 heteroatoms. The van der Waals surface area contributed by atoms with Gasteiger partial charge in [-0.1, -0.05) is 45.4 Å². The second kappa shape index (κ2) is 13.6. The van der Waals surface area contributed by atoms with E-state index in [2.05, 4.69) is 31.8 Å². The van der Waals surface area contributed by atoms with E-state index in [1.807, 2.05) is 32.9 Å². The van der Waals surface area contributed by atoms with Gasteiger partial charge in [0.15, 0.2) is 0 Å². The lowest BCUT2D eigenvalue weighted by Crippen LogP contribution is -1.94. The van der Waals surface area contributed by atoms with Gasteiger partial charge >= 0.3 is 5.97 Å². The number of rotatable bonds is 5. The third kappa shape index (κ3) is 8.47. The summed E-state index contributed by atoms with van der Waals surface area (Å²) >= 11 is 0. The number of hydrogen-bond donors (Lipinski definition) is 1. The summed E-state index contributed by atoms with van der Waals surface area (Å²) in [5, 5.41) is 8.80. The van der Waals surface area contributed by atoms with Crippen molar-refractivity contribution in [3.8, 4) is 11.5 Å². The molecule has 0 saturated carbocycles. The molecule has 0 atom stereocenters. The molecule has 2 rings (SSSR count). The number of carbonyl (C=O) groups is 1. The second-order valence-corrected chi connectivity index (χ2v) is 5.25. The van der Waals surface area contributed by atoms with Gasteiger partial charge in [0.1, 0.15) is 5.76 Å². The summed E-state index contributed by atoms with van der Waals surface area (Å²) in [4.78, 5) is 14.9. The van der Waals surface area contributed by atoms with E-state index in [0.717, 1.165) is 12.0 Å². The maximum Gasteiger partial charge on any atom is 0.335 e. The van der Waals surface area contributed by atoms with Crippen LogP contribution in [0.2, 0.25) is 0 Å².